The summed E-state index contributed by atoms with van der Waals surface area (Å²) in [5.41, 5.74) is 8.05. The number of likely N-dealkylation sites (tertiary alicyclic amines) is 1. The van der Waals surface area contributed by atoms with Gasteiger partial charge in [-0.25, -0.2) is 4.63 Å². The second kappa shape index (κ2) is 3.86. The van der Waals surface area contributed by atoms with E-state index in [2.05, 4.69) is 20.3 Å². The first-order chi connectivity index (χ1) is 8.66. The molecular formula is C11H13N5O2. The highest BCUT2D eigenvalue weighted by atomic mass is 16.6. The van der Waals surface area contributed by atoms with Crippen molar-refractivity contribution in [2.75, 3.05) is 24.6 Å². The Morgan fingerprint density at radius 3 is 2.94 bits per heavy atom. The molecule has 7 nitrogen and oxygen atoms in total. The topological polar surface area (TPSA) is 97.3 Å². The van der Waals surface area contributed by atoms with Gasteiger partial charge in [0.1, 0.15) is 6.04 Å². The van der Waals surface area contributed by atoms with Gasteiger partial charge in [0.25, 0.3) is 0 Å². The fraction of sp³-hybridized carbons (Fsp3) is 0.364. The number of amides is 1. The van der Waals surface area contributed by atoms with E-state index in [0.717, 1.165) is 13.0 Å². The van der Waals surface area contributed by atoms with E-state index in [1.54, 1.807) is 24.1 Å². The molecule has 3 rings (SSSR count). The predicted octanol–water partition coefficient (Wildman–Crippen LogP) is 0.448. The van der Waals surface area contributed by atoms with Gasteiger partial charge in [-0.3, -0.25) is 4.79 Å². The number of carbonyl (C=O) groups excluding carboxylic acids is 1. The SMILES string of the molecule is CN1CCC(Nc2ccc(N)c3nonc23)C1=O. The molecule has 1 atom stereocenters. The Balaban J connectivity index is 1.94. The van der Waals surface area contributed by atoms with Crippen molar-refractivity contribution in [3.05, 3.63) is 12.1 Å². The lowest BCUT2D eigenvalue weighted by Crippen LogP contribution is -2.31. The van der Waals surface area contributed by atoms with Gasteiger partial charge < -0.3 is 16.0 Å². The van der Waals surface area contributed by atoms with Crippen molar-refractivity contribution in [2.24, 2.45) is 0 Å². The molecular weight excluding hydrogens is 234 g/mol. The summed E-state index contributed by atoms with van der Waals surface area (Å²) >= 11 is 0. The summed E-state index contributed by atoms with van der Waals surface area (Å²) < 4.78 is 4.68. The average molecular weight is 247 g/mol. The average Bonchev–Trinajstić information content (AvgIpc) is 2.95. The van der Waals surface area contributed by atoms with Crippen molar-refractivity contribution < 1.29 is 9.42 Å². The van der Waals surface area contributed by atoms with E-state index in [1.807, 2.05) is 0 Å². The van der Waals surface area contributed by atoms with Crippen molar-refractivity contribution in [1.82, 2.24) is 15.2 Å². The molecule has 0 saturated carbocycles. The van der Waals surface area contributed by atoms with Gasteiger partial charge in [-0.2, -0.15) is 0 Å². The molecule has 18 heavy (non-hydrogen) atoms. The minimum Gasteiger partial charge on any atom is -0.397 e. The molecule has 1 fully saturated rings. The number of nitrogen functional groups attached to an aromatic ring is 1. The highest BCUT2D eigenvalue weighted by molar-refractivity contribution is 5.97. The first kappa shape index (κ1) is 10.8. The number of hydrogen-bond acceptors (Lipinski definition) is 6. The predicted molar refractivity (Wildman–Crippen MR) is 65.9 cm³/mol. The Morgan fingerprint density at radius 1 is 1.44 bits per heavy atom. The molecule has 1 saturated heterocycles. The van der Waals surface area contributed by atoms with E-state index in [9.17, 15) is 4.79 Å². The summed E-state index contributed by atoms with van der Waals surface area (Å²) in [4.78, 5) is 13.5. The van der Waals surface area contributed by atoms with Crippen LogP contribution < -0.4 is 11.1 Å². The zero-order valence-corrected chi connectivity index (χ0v) is 9.88. The summed E-state index contributed by atoms with van der Waals surface area (Å²) in [5.74, 6) is 0.0800. The summed E-state index contributed by atoms with van der Waals surface area (Å²) in [6.45, 7) is 0.756. The Labute approximate surface area is 103 Å². The van der Waals surface area contributed by atoms with Gasteiger partial charge in [0.2, 0.25) is 5.91 Å². The van der Waals surface area contributed by atoms with E-state index in [4.69, 9.17) is 5.73 Å². The summed E-state index contributed by atoms with van der Waals surface area (Å²) in [6, 6.07) is 3.28. The molecule has 1 aliphatic heterocycles. The third kappa shape index (κ3) is 1.55. The molecule has 0 aliphatic carbocycles. The van der Waals surface area contributed by atoms with Crippen LogP contribution in [0.1, 0.15) is 6.42 Å². The monoisotopic (exact) mass is 247 g/mol. The van der Waals surface area contributed by atoms with Gasteiger partial charge in [-0.1, -0.05) is 0 Å². The molecule has 94 valence electrons. The normalized spacial score (nSPS) is 19.7. The van der Waals surface area contributed by atoms with Crippen LogP contribution in [0.15, 0.2) is 16.8 Å². The van der Waals surface area contributed by atoms with Gasteiger partial charge in [0.15, 0.2) is 11.0 Å². The number of hydrogen-bond donors (Lipinski definition) is 2. The van der Waals surface area contributed by atoms with E-state index in [1.165, 1.54) is 0 Å². The van der Waals surface area contributed by atoms with E-state index in [-0.39, 0.29) is 11.9 Å². The van der Waals surface area contributed by atoms with E-state index in [0.29, 0.717) is 22.4 Å². The molecule has 1 amide bonds. The number of rotatable bonds is 2. The largest absolute Gasteiger partial charge is 0.397 e. The molecule has 0 spiro atoms. The van der Waals surface area contributed by atoms with Crippen LogP contribution in [0, 0.1) is 0 Å². The summed E-state index contributed by atoms with van der Waals surface area (Å²) in [6.07, 6.45) is 0.770. The molecule has 2 aromatic rings. The third-order valence-electron chi connectivity index (χ3n) is 3.20. The first-order valence-corrected chi connectivity index (χ1v) is 5.69. The van der Waals surface area contributed by atoms with E-state index < -0.39 is 0 Å². The van der Waals surface area contributed by atoms with Crippen molar-refractivity contribution >= 4 is 28.3 Å². The number of aromatic nitrogens is 2. The number of anilines is 2. The minimum atomic E-state index is -0.224. The lowest BCUT2D eigenvalue weighted by Gasteiger charge is -2.13. The molecule has 1 aromatic heterocycles. The Morgan fingerprint density at radius 2 is 2.22 bits per heavy atom. The van der Waals surface area contributed by atoms with Gasteiger partial charge in [-0.15, -0.1) is 0 Å². The van der Waals surface area contributed by atoms with Crippen LogP contribution in [0.4, 0.5) is 11.4 Å². The van der Waals surface area contributed by atoms with Crippen LogP contribution in [-0.2, 0) is 4.79 Å². The van der Waals surface area contributed by atoms with Crippen LogP contribution in [-0.4, -0.2) is 40.8 Å². The van der Waals surface area contributed by atoms with E-state index >= 15 is 0 Å². The van der Waals surface area contributed by atoms with Crippen LogP contribution in [0.3, 0.4) is 0 Å². The number of carbonyl (C=O) groups is 1. The maximum Gasteiger partial charge on any atom is 0.244 e. The van der Waals surface area contributed by atoms with Crippen molar-refractivity contribution in [3.63, 3.8) is 0 Å². The first-order valence-electron chi connectivity index (χ1n) is 5.69. The van der Waals surface area contributed by atoms with Crippen LogP contribution in [0.2, 0.25) is 0 Å². The number of nitrogens with two attached hydrogens (primary N) is 1. The number of nitrogens with one attached hydrogen (secondary N) is 1. The summed E-state index contributed by atoms with van der Waals surface area (Å²) in [5, 5.41) is 10.7. The lowest BCUT2D eigenvalue weighted by molar-refractivity contribution is -0.127. The standard InChI is InChI=1S/C11H13N5O2/c1-16-5-4-8(11(16)17)13-7-3-2-6(12)9-10(7)15-18-14-9/h2-3,8,13H,4-5,12H2,1H3. The molecule has 2 heterocycles. The number of likely N-dealkylation sites (N-methyl/N-ethyl adjacent to an activating group) is 1. The minimum absolute atomic E-state index is 0.0800. The molecule has 1 unspecified atom stereocenters. The number of benzene rings is 1. The fourth-order valence-electron chi connectivity index (χ4n) is 2.15. The van der Waals surface area contributed by atoms with Crippen molar-refractivity contribution in [1.29, 1.82) is 0 Å². The Kier molecular flexibility index (Phi) is 2.32. The molecule has 7 heteroatoms. The fourth-order valence-corrected chi connectivity index (χ4v) is 2.15. The second-order valence-electron chi connectivity index (χ2n) is 4.41. The smallest absolute Gasteiger partial charge is 0.244 e. The molecule has 1 aliphatic rings. The zero-order valence-electron chi connectivity index (χ0n) is 9.88. The maximum atomic E-state index is 11.8. The van der Waals surface area contributed by atoms with Crippen LogP contribution in [0.5, 0.6) is 0 Å². The highest BCUT2D eigenvalue weighted by Crippen LogP contribution is 2.27. The van der Waals surface area contributed by atoms with Crippen molar-refractivity contribution in [2.45, 2.75) is 12.5 Å². The molecule has 1 aromatic carbocycles. The molecule has 3 N–H and O–H groups in total. The highest BCUT2D eigenvalue weighted by Gasteiger charge is 2.29. The van der Waals surface area contributed by atoms with Gasteiger partial charge in [-0.05, 0) is 28.9 Å². The number of fused-ring (bicyclic) bond motifs is 1. The molecule has 0 radical (unpaired) electrons. The quantitative estimate of drug-likeness (QED) is 0.748. The van der Waals surface area contributed by atoms with Crippen LogP contribution in [0.25, 0.3) is 11.0 Å². The zero-order chi connectivity index (χ0) is 12.7. The Hall–Kier alpha value is -2.31. The van der Waals surface area contributed by atoms with Crippen molar-refractivity contribution in [3.8, 4) is 0 Å². The number of nitrogens with zero attached hydrogens (tertiary/aromatic N) is 3. The lowest BCUT2D eigenvalue weighted by atomic mass is 10.2. The van der Waals surface area contributed by atoms with Crippen LogP contribution >= 0.6 is 0 Å². The Bertz CT molecular complexity index is 608. The van der Waals surface area contributed by atoms with Gasteiger partial charge in [0, 0.05) is 13.6 Å². The third-order valence-corrected chi connectivity index (χ3v) is 3.20. The summed E-state index contributed by atoms with van der Waals surface area (Å²) in [7, 11) is 1.79. The maximum absolute atomic E-state index is 11.8. The van der Waals surface area contributed by atoms with Gasteiger partial charge in [0.05, 0.1) is 11.4 Å². The van der Waals surface area contributed by atoms with Gasteiger partial charge >= 0.3 is 0 Å². The molecule has 0 bridgehead atoms. The second-order valence-corrected chi connectivity index (χ2v) is 4.41.